The summed E-state index contributed by atoms with van der Waals surface area (Å²) in [5.74, 6) is -1.42. The molecule has 0 saturated heterocycles. The molecule has 0 aliphatic heterocycles. The fourth-order valence-electron chi connectivity index (χ4n) is 3.29. The average Bonchev–Trinajstić information content (AvgIpc) is 2.76. The van der Waals surface area contributed by atoms with Crippen molar-refractivity contribution < 1.29 is 19.1 Å². The lowest BCUT2D eigenvalue weighted by molar-refractivity contribution is -0.148. The summed E-state index contributed by atoms with van der Waals surface area (Å²) in [5.41, 5.74) is 3.24. The zero-order valence-electron chi connectivity index (χ0n) is 16.1. The molecule has 1 aliphatic rings. The van der Waals surface area contributed by atoms with Gasteiger partial charge in [0, 0.05) is 6.08 Å². The number of fused-ring (bicyclic) bond motifs is 1. The smallest absolute Gasteiger partial charge is 0.325 e. The van der Waals surface area contributed by atoms with Crippen LogP contribution in [0.3, 0.4) is 0 Å². The highest BCUT2D eigenvalue weighted by molar-refractivity contribution is 5.93. The normalized spacial score (nSPS) is 15.4. The number of ether oxygens (including phenoxy) is 1. The number of carbonyl (C=O) groups is 3. The number of amides is 2. The minimum absolute atomic E-state index is 0.0611. The van der Waals surface area contributed by atoms with Crippen LogP contribution in [-0.4, -0.2) is 30.9 Å². The highest BCUT2D eigenvalue weighted by Crippen LogP contribution is 2.29. The van der Waals surface area contributed by atoms with E-state index >= 15 is 0 Å². The lowest BCUT2D eigenvalue weighted by Crippen LogP contribution is -2.36. The molecular weight excluding hydrogens is 368 g/mol. The van der Waals surface area contributed by atoms with Crippen LogP contribution < -0.4 is 10.6 Å². The number of nitrogens with one attached hydrogen (secondary N) is 2. The molecule has 1 atom stereocenters. The zero-order valence-corrected chi connectivity index (χ0v) is 16.1. The predicted molar refractivity (Wildman–Crippen MR) is 110 cm³/mol. The summed E-state index contributed by atoms with van der Waals surface area (Å²) in [6.45, 7) is -0.662. The molecule has 0 spiro atoms. The van der Waals surface area contributed by atoms with Gasteiger partial charge in [0.05, 0.1) is 6.04 Å². The second kappa shape index (κ2) is 10.2. The second-order valence-electron chi connectivity index (χ2n) is 6.83. The van der Waals surface area contributed by atoms with E-state index in [9.17, 15) is 14.4 Å². The van der Waals surface area contributed by atoms with Crippen LogP contribution in [0.25, 0.3) is 6.08 Å². The molecule has 150 valence electrons. The van der Waals surface area contributed by atoms with Crippen LogP contribution in [0.1, 0.15) is 35.6 Å². The van der Waals surface area contributed by atoms with E-state index in [2.05, 4.69) is 16.7 Å². The number of benzene rings is 2. The molecule has 0 unspecified atom stereocenters. The third-order valence-electron chi connectivity index (χ3n) is 4.70. The first-order chi connectivity index (χ1) is 14.1. The van der Waals surface area contributed by atoms with Gasteiger partial charge in [-0.15, -0.1) is 0 Å². The van der Waals surface area contributed by atoms with Gasteiger partial charge in [-0.05, 0) is 42.0 Å². The molecule has 0 fully saturated rings. The maximum Gasteiger partial charge on any atom is 0.325 e. The van der Waals surface area contributed by atoms with E-state index in [-0.39, 0.29) is 25.1 Å². The van der Waals surface area contributed by atoms with E-state index in [1.165, 1.54) is 11.6 Å². The molecule has 3 rings (SSSR count). The summed E-state index contributed by atoms with van der Waals surface area (Å²) in [5, 5.41) is 5.36. The Labute approximate surface area is 170 Å². The van der Waals surface area contributed by atoms with Crippen molar-refractivity contribution in [2.24, 2.45) is 0 Å². The van der Waals surface area contributed by atoms with E-state index in [1.54, 1.807) is 6.08 Å². The van der Waals surface area contributed by atoms with Crippen molar-refractivity contribution in [1.82, 2.24) is 10.6 Å². The maximum absolute atomic E-state index is 12.1. The number of carbonyl (C=O) groups excluding carboxylic acids is 3. The second-order valence-corrected chi connectivity index (χ2v) is 6.83. The van der Waals surface area contributed by atoms with Gasteiger partial charge in [-0.3, -0.25) is 14.4 Å². The zero-order chi connectivity index (χ0) is 20.5. The molecule has 2 amide bonds. The van der Waals surface area contributed by atoms with E-state index in [4.69, 9.17) is 4.74 Å². The van der Waals surface area contributed by atoms with E-state index < -0.39 is 11.9 Å². The van der Waals surface area contributed by atoms with Gasteiger partial charge in [0.1, 0.15) is 6.54 Å². The summed E-state index contributed by atoms with van der Waals surface area (Å²) in [6, 6.07) is 17.3. The Morgan fingerprint density at radius 2 is 1.79 bits per heavy atom. The Balaban J connectivity index is 1.38. The van der Waals surface area contributed by atoms with Crippen molar-refractivity contribution in [1.29, 1.82) is 0 Å². The lowest BCUT2D eigenvalue weighted by Gasteiger charge is -2.26. The van der Waals surface area contributed by atoms with Gasteiger partial charge in [0.25, 0.3) is 5.91 Å². The van der Waals surface area contributed by atoms with E-state index in [0.29, 0.717) is 0 Å². The summed E-state index contributed by atoms with van der Waals surface area (Å²) in [6.07, 6.45) is 5.87. The maximum atomic E-state index is 12.1. The van der Waals surface area contributed by atoms with Crippen molar-refractivity contribution in [2.75, 3.05) is 13.2 Å². The van der Waals surface area contributed by atoms with Crippen LogP contribution in [0.5, 0.6) is 0 Å². The van der Waals surface area contributed by atoms with Crippen LogP contribution in [-0.2, 0) is 25.5 Å². The Hall–Kier alpha value is -3.41. The number of hydrogen-bond donors (Lipinski definition) is 2. The van der Waals surface area contributed by atoms with Crippen molar-refractivity contribution in [3.05, 3.63) is 77.4 Å². The minimum atomic E-state index is -0.661. The third-order valence-corrected chi connectivity index (χ3v) is 4.70. The van der Waals surface area contributed by atoms with Gasteiger partial charge < -0.3 is 15.4 Å². The molecule has 29 heavy (non-hydrogen) atoms. The standard InChI is InChI=1S/C23H24N2O4/c26-21(14-13-17-7-2-1-3-8-17)24-15-23(28)29-16-22(27)25-20-12-6-10-18-9-4-5-11-19(18)20/h1-5,7-9,11,13-14,20H,6,10,12,15-16H2,(H,24,26)(H,25,27)/b14-13+/t20-/m1/s1. The summed E-state index contributed by atoms with van der Waals surface area (Å²) in [4.78, 5) is 35.7. The largest absolute Gasteiger partial charge is 0.454 e. The fourth-order valence-corrected chi connectivity index (χ4v) is 3.29. The van der Waals surface area contributed by atoms with Gasteiger partial charge in [-0.2, -0.15) is 0 Å². The van der Waals surface area contributed by atoms with Gasteiger partial charge >= 0.3 is 5.97 Å². The summed E-state index contributed by atoms with van der Waals surface area (Å²) in [7, 11) is 0. The van der Waals surface area contributed by atoms with E-state index in [1.807, 2.05) is 48.5 Å². The average molecular weight is 392 g/mol. The highest BCUT2D eigenvalue weighted by atomic mass is 16.5. The van der Waals surface area contributed by atoms with Crippen LogP contribution >= 0.6 is 0 Å². The third kappa shape index (κ3) is 6.31. The van der Waals surface area contributed by atoms with E-state index in [0.717, 1.165) is 30.4 Å². The highest BCUT2D eigenvalue weighted by Gasteiger charge is 2.21. The summed E-state index contributed by atoms with van der Waals surface area (Å²) < 4.78 is 4.96. The van der Waals surface area contributed by atoms with Crippen LogP contribution in [0.15, 0.2) is 60.7 Å². The van der Waals surface area contributed by atoms with Gasteiger partial charge in [-0.25, -0.2) is 0 Å². The molecule has 2 N–H and O–H groups in total. The number of hydrogen-bond acceptors (Lipinski definition) is 4. The topological polar surface area (TPSA) is 84.5 Å². The molecule has 6 nitrogen and oxygen atoms in total. The van der Waals surface area contributed by atoms with Gasteiger partial charge in [-0.1, -0.05) is 54.6 Å². The van der Waals surface area contributed by atoms with Crippen LogP contribution in [0, 0.1) is 0 Å². The first-order valence-corrected chi connectivity index (χ1v) is 9.65. The molecule has 0 aromatic heterocycles. The first-order valence-electron chi connectivity index (χ1n) is 9.65. The SMILES string of the molecule is O=C(/C=C/c1ccccc1)NCC(=O)OCC(=O)N[C@@H]1CCCc2ccccc21. The molecule has 0 bridgehead atoms. The summed E-state index contributed by atoms with van der Waals surface area (Å²) >= 11 is 0. The Morgan fingerprint density at radius 1 is 1.03 bits per heavy atom. The molecule has 1 aliphatic carbocycles. The molecule has 2 aromatic rings. The monoisotopic (exact) mass is 392 g/mol. The number of aryl methyl sites for hydroxylation is 1. The lowest BCUT2D eigenvalue weighted by atomic mass is 9.88. The fraction of sp³-hybridized carbons (Fsp3) is 0.261. The quantitative estimate of drug-likeness (QED) is 0.560. The van der Waals surface area contributed by atoms with Crippen LogP contribution in [0.2, 0.25) is 0 Å². The Bertz CT molecular complexity index is 893. The number of esters is 1. The molecule has 6 heteroatoms. The molecule has 2 aromatic carbocycles. The molecular formula is C23H24N2O4. The molecule has 0 radical (unpaired) electrons. The Kier molecular flexibility index (Phi) is 7.16. The predicted octanol–water partition coefficient (Wildman–Crippen LogP) is 2.55. The number of rotatable bonds is 7. The Morgan fingerprint density at radius 3 is 2.62 bits per heavy atom. The van der Waals surface area contributed by atoms with Crippen molar-refractivity contribution in [3.8, 4) is 0 Å². The van der Waals surface area contributed by atoms with Gasteiger partial charge in [0.15, 0.2) is 6.61 Å². The van der Waals surface area contributed by atoms with Crippen molar-refractivity contribution in [2.45, 2.75) is 25.3 Å². The van der Waals surface area contributed by atoms with Crippen LogP contribution in [0.4, 0.5) is 0 Å². The van der Waals surface area contributed by atoms with Crippen molar-refractivity contribution >= 4 is 23.9 Å². The van der Waals surface area contributed by atoms with Gasteiger partial charge in [0.2, 0.25) is 5.91 Å². The molecule has 0 saturated carbocycles. The minimum Gasteiger partial charge on any atom is -0.454 e. The first kappa shape index (κ1) is 20.3. The van der Waals surface area contributed by atoms with Crippen molar-refractivity contribution in [3.63, 3.8) is 0 Å². The molecule has 0 heterocycles.